The van der Waals surface area contributed by atoms with Gasteiger partial charge in [0.2, 0.25) is 5.91 Å². The zero-order valence-electron chi connectivity index (χ0n) is 28.2. The number of thiophene rings is 1. The third-order valence-corrected chi connectivity index (χ3v) is 9.45. The lowest BCUT2D eigenvalue weighted by Gasteiger charge is -2.24. The normalized spacial score (nSPS) is 13.4. The fraction of sp³-hybridized carbons (Fsp3) is 0.237. The molecule has 2 amide bonds. The summed E-state index contributed by atoms with van der Waals surface area (Å²) < 4.78 is 41.4. The van der Waals surface area contributed by atoms with E-state index in [4.69, 9.17) is 0 Å². The minimum atomic E-state index is -4.79. The number of rotatable bonds is 12. The molecule has 4 N–H and O–H groups in total. The van der Waals surface area contributed by atoms with Gasteiger partial charge >= 0.3 is 12.3 Å². The van der Waals surface area contributed by atoms with Crippen molar-refractivity contribution in [1.82, 2.24) is 20.6 Å². The molecule has 270 valence electrons. The minimum Gasteiger partial charge on any atom is -0.480 e. The van der Waals surface area contributed by atoms with Gasteiger partial charge in [-0.1, -0.05) is 87.5 Å². The number of hydrogen-bond acceptors (Lipinski definition) is 8. The molecule has 2 heterocycles. The number of halogens is 3. The van der Waals surface area contributed by atoms with Crippen LogP contribution in [0.25, 0.3) is 22.5 Å². The molecule has 2 aromatic heterocycles. The van der Waals surface area contributed by atoms with Crippen LogP contribution >= 0.6 is 11.3 Å². The maximum absolute atomic E-state index is 13.7. The quantitative estimate of drug-likeness (QED) is 0.111. The molecule has 0 fully saturated rings. The number of amides is 2. The van der Waals surface area contributed by atoms with Crippen LogP contribution < -0.4 is 15.4 Å². The van der Waals surface area contributed by atoms with Gasteiger partial charge in [-0.2, -0.15) is 0 Å². The van der Waals surface area contributed by atoms with Crippen molar-refractivity contribution in [2.75, 3.05) is 0 Å². The van der Waals surface area contributed by atoms with Crippen LogP contribution in [0.5, 0.6) is 5.75 Å². The fourth-order valence-electron chi connectivity index (χ4n) is 5.17. The number of alkyl halides is 3. The highest BCUT2D eigenvalue weighted by atomic mass is 32.1. The second-order valence-corrected chi connectivity index (χ2v) is 14.0. The largest absolute Gasteiger partial charge is 0.573 e. The lowest BCUT2D eigenvalue weighted by atomic mass is 9.95. The first-order valence-corrected chi connectivity index (χ1v) is 16.8. The van der Waals surface area contributed by atoms with Gasteiger partial charge in [-0.3, -0.25) is 9.59 Å². The Hall–Kier alpha value is -5.60. The first-order valence-electron chi connectivity index (χ1n) is 16.0. The molecule has 0 spiro atoms. The van der Waals surface area contributed by atoms with Crippen molar-refractivity contribution in [2.45, 2.75) is 57.2 Å². The van der Waals surface area contributed by atoms with Gasteiger partial charge in [0, 0.05) is 34.8 Å². The van der Waals surface area contributed by atoms with E-state index in [1.54, 1.807) is 60.7 Å². The number of carboxylic acid groups (broad SMARTS) is 1. The van der Waals surface area contributed by atoms with Crippen molar-refractivity contribution in [3.63, 3.8) is 0 Å². The molecule has 0 radical (unpaired) electrons. The summed E-state index contributed by atoms with van der Waals surface area (Å²) in [4.78, 5) is 49.4. The van der Waals surface area contributed by atoms with E-state index in [0.717, 1.165) is 4.88 Å². The lowest BCUT2D eigenvalue weighted by molar-refractivity contribution is -0.274. The number of benzene rings is 3. The summed E-state index contributed by atoms with van der Waals surface area (Å²) in [6.07, 6.45) is -3.30. The second kappa shape index (κ2) is 15.7. The summed E-state index contributed by atoms with van der Waals surface area (Å²) in [5, 5.41) is 25.9. The molecule has 3 aromatic carbocycles. The molecule has 0 saturated carbocycles. The molecule has 0 aliphatic carbocycles. The predicted molar refractivity (Wildman–Crippen MR) is 189 cm³/mol. The number of carboxylic acids is 1. The van der Waals surface area contributed by atoms with Gasteiger partial charge < -0.3 is 25.6 Å². The first kappa shape index (κ1) is 37.7. The molecule has 3 atom stereocenters. The Morgan fingerprint density at radius 1 is 0.808 bits per heavy atom. The maximum Gasteiger partial charge on any atom is 0.573 e. The van der Waals surface area contributed by atoms with Gasteiger partial charge in [-0.25, -0.2) is 14.8 Å². The van der Waals surface area contributed by atoms with Crippen LogP contribution in [0.1, 0.15) is 52.6 Å². The van der Waals surface area contributed by atoms with Crippen LogP contribution in [0, 0.1) is 0 Å². The van der Waals surface area contributed by atoms with Gasteiger partial charge in [-0.05, 0) is 46.4 Å². The molecule has 5 aromatic rings. The molecular weight excluding hydrogens is 698 g/mol. The summed E-state index contributed by atoms with van der Waals surface area (Å²) >= 11 is 1.29. The number of aliphatic carboxylic acids is 1. The Kier molecular flexibility index (Phi) is 11.4. The molecule has 0 aliphatic heterocycles. The smallest absolute Gasteiger partial charge is 0.480 e. The van der Waals surface area contributed by atoms with E-state index in [1.807, 2.05) is 26.8 Å². The van der Waals surface area contributed by atoms with E-state index < -0.39 is 42.3 Å². The third kappa shape index (κ3) is 9.80. The van der Waals surface area contributed by atoms with Crippen LogP contribution in [0.3, 0.4) is 0 Å². The van der Waals surface area contributed by atoms with Crippen molar-refractivity contribution >= 4 is 29.1 Å². The summed E-state index contributed by atoms with van der Waals surface area (Å²) in [7, 11) is 0. The van der Waals surface area contributed by atoms with Gasteiger partial charge in [0.15, 0.2) is 11.9 Å². The van der Waals surface area contributed by atoms with Crippen LogP contribution in [-0.2, 0) is 21.4 Å². The molecule has 10 nitrogen and oxygen atoms in total. The van der Waals surface area contributed by atoms with Gasteiger partial charge in [0.05, 0.1) is 4.88 Å². The number of aromatic nitrogens is 2. The van der Waals surface area contributed by atoms with Crippen LogP contribution in [0.2, 0.25) is 0 Å². The number of hydrogen-bond donors (Lipinski definition) is 4. The molecular formula is C38H35F3N4O6S. The van der Waals surface area contributed by atoms with Crippen molar-refractivity contribution < 1.29 is 42.5 Å². The molecule has 52 heavy (non-hydrogen) atoms. The van der Waals surface area contributed by atoms with Crippen LogP contribution in [-0.4, -0.2) is 56.4 Å². The highest BCUT2D eigenvalue weighted by Crippen LogP contribution is 2.30. The molecule has 3 unspecified atom stereocenters. The van der Waals surface area contributed by atoms with E-state index in [-0.39, 0.29) is 17.6 Å². The highest BCUT2D eigenvalue weighted by molar-refractivity contribution is 7.14. The average molecular weight is 733 g/mol. The zero-order valence-corrected chi connectivity index (χ0v) is 29.0. The Morgan fingerprint density at radius 2 is 1.42 bits per heavy atom. The average Bonchev–Trinajstić information content (AvgIpc) is 3.62. The number of carbonyl (C=O) groups is 3. The zero-order chi connectivity index (χ0) is 37.6. The van der Waals surface area contributed by atoms with E-state index in [9.17, 15) is 37.8 Å². The Labute approximate surface area is 301 Å². The van der Waals surface area contributed by atoms with Crippen molar-refractivity contribution in [2.24, 2.45) is 0 Å². The van der Waals surface area contributed by atoms with Crippen LogP contribution in [0.4, 0.5) is 13.2 Å². The molecule has 5 rings (SSSR count). The molecule has 0 saturated heterocycles. The lowest BCUT2D eigenvalue weighted by Crippen LogP contribution is -2.54. The van der Waals surface area contributed by atoms with Gasteiger partial charge in [-0.15, -0.1) is 24.5 Å². The Bertz CT molecular complexity index is 2000. The summed E-state index contributed by atoms with van der Waals surface area (Å²) in [5.74, 6) is -2.75. The van der Waals surface area contributed by atoms with Crippen molar-refractivity contribution in [3.05, 3.63) is 124 Å². The van der Waals surface area contributed by atoms with Crippen molar-refractivity contribution in [1.29, 1.82) is 0 Å². The van der Waals surface area contributed by atoms with E-state index in [1.165, 1.54) is 48.0 Å². The van der Waals surface area contributed by atoms with E-state index in [2.05, 4.69) is 25.3 Å². The van der Waals surface area contributed by atoms with Gasteiger partial charge in [0.1, 0.15) is 17.9 Å². The number of carbonyl (C=O) groups excluding carboxylic acids is 2. The van der Waals surface area contributed by atoms with E-state index in [0.29, 0.717) is 38.5 Å². The second-order valence-electron chi connectivity index (χ2n) is 12.9. The van der Waals surface area contributed by atoms with Gasteiger partial charge in [0.25, 0.3) is 5.91 Å². The molecule has 0 aliphatic rings. The number of nitrogens with zero attached hydrogens (tertiary/aromatic N) is 2. The minimum absolute atomic E-state index is 0.0169. The topological polar surface area (TPSA) is 151 Å². The summed E-state index contributed by atoms with van der Waals surface area (Å²) in [6, 6.07) is 20.9. The molecule has 14 heteroatoms. The van der Waals surface area contributed by atoms with Crippen molar-refractivity contribution in [3.8, 4) is 28.3 Å². The number of aliphatic hydroxyl groups excluding tert-OH is 1. The molecule has 0 bridgehead atoms. The summed E-state index contributed by atoms with van der Waals surface area (Å²) in [6.45, 7) is 6.05. The predicted octanol–water partition coefficient (Wildman–Crippen LogP) is 6.71. The summed E-state index contributed by atoms with van der Waals surface area (Å²) in [5.41, 5.74) is 2.50. The monoisotopic (exact) mass is 732 g/mol. The SMILES string of the molecule is CC(C)(C)c1ccc(C(=O)NC(Cc2ccc(-c3ncc(-c4ccc(OC(F)(F)F)cc4)cn3)cc2)C(=O)NC(C(=O)O)C(O)c2ccccc2)s1. The number of nitrogens with one attached hydrogen (secondary N) is 2. The standard InChI is InChI=1S/C38H35F3N4O6S/c1-37(2,3)30-18-17-29(52-30)35(48)44-28(34(47)45-31(36(49)50)32(46)24-7-5-4-6-8-24)19-22-9-11-25(12-10-22)33-42-20-26(21-43-33)23-13-15-27(16-14-23)51-38(39,40)41/h4-18,20-21,28,31-32,46H,19H2,1-3H3,(H,44,48)(H,45,47)(H,49,50). The first-order chi connectivity index (χ1) is 24.6. The maximum atomic E-state index is 13.7. The van der Waals surface area contributed by atoms with E-state index >= 15 is 0 Å². The third-order valence-electron chi connectivity index (χ3n) is 7.94. The number of aliphatic hydroxyl groups is 1. The number of ether oxygens (including phenoxy) is 1. The van der Waals surface area contributed by atoms with Crippen LogP contribution in [0.15, 0.2) is 103 Å². The Balaban J connectivity index is 1.33. The Morgan fingerprint density at radius 3 is 1.98 bits per heavy atom. The highest BCUT2D eigenvalue weighted by Gasteiger charge is 2.33. The fourth-order valence-corrected chi connectivity index (χ4v) is 6.14.